The van der Waals surface area contributed by atoms with Crippen LogP contribution in [-0.4, -0.2) is 18.9 Å². The Balaban J connectivity index is 2.73. The zero-order valence-electron chi connectivity index (χ0n) is 9.20. The van der Waals surface area contributed by atoms with Crippen LogP contribution in [0.2, 0.25) is 5.02 Å². The third-order valence-corrected chi connectivity index (χ3v) is 2.60. The first-order valence-corrected chi connectivity index (χ1v) is 5.29. The molecule has 0 aliphatic rings. The second kappa shape index (κ2) is 5.66. The van der Waals surface area contributed by atoms with Gasteiger partial charge < -0.3 is 4.74 Å². The third-order valence-electron chi connectivity index (χ3n) is 2.27. The topological polar surface area (TPSA) is 43.4 Å². The molecule has 3 nitrogen and oxygen atoms in total. The summed E-state index contributed by atoms with van der Waals surface area (Å²) in [7, 11) is 1.30. The van der Waals surface area contributed by atoms with Crippen LogP contribution in [0.4, 0.5) is 0 Å². The average molecular weight is 241 g/mol. The highest BCUT2D eigenvalue weighted by molar-refractivity contribution is 6.34. The Morgan fingerprint density at radius 1 is 1.38 bits per heavy atom. The highest BCUT2D eigenvalue weighted by Gasteiger charge is 2.19. The molecule has 0 aromatic heterocycles. The first-order chi connectivity index (χ1) is 7.56. The number of ketones is 1. The van der Waals surface area contributed by atoms with E-state index in [1.165, 1.54) is 7.11 Å². The maximum atomic E-state index is 11.8. The van der Waals surface area contributed by atoms with Gasteiger partial charge in [-0.3, -0.25) is 9.59 Å². The molecule has 0 spiro atoms. The molecule has 1 rings (SSSR count). The number of carbonyl (C=O) groups excluding carboxylic acids is 2. The molecule has 0 heterocycles. The van der Waals surface area contributed by atoms with Crippen LogP contribution in [-0.2, 0) is 9.53 Å². The van der Waals surface area contributed by atoms with Crippen LogP contribution in [0.1, 0.15) is 23.7 Å². The Morgan fingerprint density at radius 2 is 2.00 bits per heavy atom. The van der Waals surface area contributed by atoms with Crippen molar-refractivity contribution in [1.29, 1.82) is 0 Å². The van der Waals surface area contributed by atoms with E-state index in [1.54, 1.807) is 31.2 Å². The molecule has 0 saturated heterocycles. The first kappa shape index (κ1) is 12.7. The van der Waals surface area contributed by atoms with Gasteiger partial charge in [-0.1, -0.05) is 30.7 Å². The van der Waals surface area contributed by atoms with Crippen molar-refractivity contribution in [2.24, 2.45) is 5.92 Å². The summed E-state index contributed by atoms with van der Waals surface area (Å²) < 4.78 is 4.55. The Morgan fingerprint density at radius 3 is 2.56 bits per heavy atom. The van der Waals surface area contributed by atoms with E-state index >= 15 is 0 Å². The SMILES string of the molecule is COC(=O)C(C)CC(=O)c1ccccc1Cl. The molecule has 0 amide bonds. The molecule has 86 valence electrons. The van der Waals surface area contributed by atoms with Crippen LogP contribution in [0.25, 0.3) is 0 Å². The van der Waals surface area contributed by atoms with Gasteiger partial charge in [0.15, 0.2) is 5.78 Å². The van der Waals surface area contributed by atoms with E-state index in [0.717, 1.165) is 0 Å². The van der Waals surface area contributed by atoms with E-state index in [0.29, 0.717) is 10.6 Å². The normalized spacial score (nSPS) is 11.9. The lowest BCUT2D eigenvalue weighted by atomic mass is 10.00. The summed E-state index contributed by atoms with van der Waals surface area (Å²) in [6.07, 6.45) is 0.108. The minimum atomic E-state index is -0.450. The van der Waals surface area contributed by atoms with Crippen molar-refractivity contribution in [3.05, 3.63) is 34.9 Å². The monoisotopic (exact) mass is 240 g/mol. The maximum absolute atomic E-state index is 11.8. The Bertz CT molecular complexity index is 401. The molecule has 16 heavy (non-hydrogen) atoms. The number of methoxy groups -OCH3 is 1. The molecule has 4 heteroatoms. The van der Waals surface area contributed by atoms with E-state index in [1.807, 2.05) is 0 Å². The molecule has 1 unspecified atom stereocenters. The number of ether oxygens (including phenoxy) is 1. The first-order valence-electron chi connectivity index (χ1n) is 4.91. The molecule has 0 radical (unpaired) electrons. The quantitative estimate of drug-likeness (QED) is 0.600. The van der Waals surface area contributed by atoms with Gasteiger partial charge in [0.1, 0.15) is 0 Å². The lowest BCUT2D eigenvalue weighted by Gasteiger charge is -2.08. The minimum absolute atomic E-state index is 0.108. The van der Waals surface area contributed by atoms with Crippen molar-refractivity contribution < 1.29 is 14.3 Å². The largest absolute Gasteiger partial charge is 0.469 e. The summed E-state index contributed by atoms with van der Waals surface area (Å²) in [6.45, 7) is 1.65. The molecular weight excluding hydrogens is 228 g/mol. The van der Waals surface area contributed by atoms with Crippen LogP contribution in [0.5, 0.6) is 0 Å². The predicted molar refractivity (Wildman–Crippen MR) is 61.6 cm³/mol. The molecule has 0 aliphatic carbocycles. The molecular formula is C12H13ClO3. The number of hydrogen-bond acceptors (Lipinski definition) is 3. The lowest BCUT2D eigenvalue weighted by molar-refractivity contribution is -0.144. The zero-order valence-corrected chi connectivity index (χ0v) is 9.95. The summed E-state index contributed by atoms with van der Waals surface area (Å²) >= 11 is 5.88. The summed E-state index contributed by atoms with van der Waals surface area (Å²) in [5, 5.41) is 0.407. The number of esters is 1. The van der Waals surface area contributed by atoms with Gasteiger partial charge in [0, 0.05) is 12.0 Å². The Kier molecular flexibility index (Phi) is 4.50. The predicted octanol–water partition coefficient (Wildman–Crippen LogP) is 2.72. The second-order valence-electron chi connectivity index (χ2n) is 3.53. The molecule has 0 N–H and O–H groups in total. The van der Waals surface area contributed by atoms with E-state index < -0.39 is 5.92 Å². The van der Waals surface area contributed by atoms with E-state index in [-0.39, 0.29) is 18.2 Å². The van der Waals surface area contributed by atoms with Crippen LogP contribution in [0.3, 0.4) is 0 Å². The lowest BCUT2D eigenvalue weighted by Crippen LogP contribution is -2.17. The maximum Gasteiger partial charge on any atom is 0.308 e. The third kappa shape index (κ3) is 3.07. The van der Waals surface area contributed by atoms with Crippen molar-refractivity contribution in [2.45, 2.75) is 13.3 Å². The molecule has 0 fully saturated rings. The van der Waals surface area contributed by atoms with Gasteiger partial charge in [0.2, 0.25) is 0 Å². The highest BCUT2D eigenvalue weighted by atomic mass is 35.5. The second-order valence-corrected chi connectivity index (χ2v) is 3.94. The number of halogens is 1. The fourth-order valence-corrected chi connectivity index (χ4v) is 1.60. The van der Waals surface area contributed by atoms with E-state index in [9.17, 15) is 9.59 Å². The van der Waals surface area contributed by atoms with Gasteiger partial charge in [0.05, 0.1) is 18.1 Å². The zero-order chi connectivity index (χ0) is 12.1. The molecule has 1 aromatic rings. The standard InChI is InChI=1S/C12H13ClO3/c1-8(12(15)16-2)7-11(14)9-5-3-4-6-10(9)13/h3-6,8H,7H2,1-2H3. The van der Waals surface area contributed by atoms with E-state index in [4.69, 9.17) is 11.6 Å². The molecule has 0 saturated carbocycles. The number of carbonyl (C=O) groups is 2. The number of hydrogen-bond donors (Lipinski definition) is 0. The minimum Gasteiger partial charge on any atom is -0.469 e. The van der Waals surface area contributed by atoms with Crippen LogP contribution in [0, 0.1) is 5.92 Å². The number of Topliss-reactive ketones (excluding diaryl/α,β-unsaturated/α-hetero) is 1. The number of benzene rings is 1. The molecule has 1 atom stereocenters. The highest BCUT2D eigenvalue weighted by Crippen LogP contribution is 2.19. The fourth-order valence-electron chi connectivity index (χ4n) is 1.36. The van der Waals surface area contributed by atoms with Gasteiger partial charge in [-0.15, -0.1) is 0 Å². The smallest absolute Gasteiger partial charge is 0.308 e. The van der Waals surface area contributed by atoms with Crippen LogP contribution in [0.15, 0.2) is 24.3 Å². The summed E-state index contributed by atoms with van der Waals surface area (Å²) in [5.41, 5.74) is 0.444. The summed E-state index contributed by atoms with van der Waals surface area (Å²) in [4.78, 5) is 23.0. The Labute approximate surface area is 99.4 Å². The average Bonchev–Trinajstić information content (AvgIpc) is 2.28. The van der Waals surface area contributed by atoms with Gasteiger partial charge in [-0.25, -0.2) is 0 Å². The van der Waals surface area contributed by atoms with Crippen molar-refractivity contribution >= 4 is 23.4 Å². The molecule has 1 aromatic carbocycles. The van der Waals surface area contributed by atoms with Gasteiger partial charge in [-0.2, -0.15) is 0 Å². The summed E-state index contributed by atoms with van der Waals surface area (Å²) in [6, 6.07) is 6.79. The Hall–Kier alpha value is -1.35. The molecule has 0 bridgehead atoms. The van der Waals surface area contributed by atoms with Crippen molar-refractivity contribution in [3.8, 4) is 0 Å². The van der Waals surface area contributed by atoms with Crippen LogP contribution < -0.4 is 0 Å². The van der Waals surface area contributed by atoms with Crippen molar-refractivity contribution in [1.82, 2.24) is 0 Å². The van der Waals surface area contributed by atoms with Crippen molar-refractivity contribution in [2.75, 3.05) is 7.11 Å². The number of rotatable bonds is 4. The van der Waals surface area contributed by atoms with E-state index in [2.05, 4.69) is 4.74 Å². The van der Waals surface area contributed by atoms with Crippen LogP contribution >= 0.6 is 11.6 Å². The van der Waals surface area contributed by atoms with Gasteiger partial charge >= 0.3 is 5.97 Å². The van der Waals surface area contributed by atoms with Gasteiger partial charge in [-0.05, 0) is 12.1 Å². The van der Waals surface area contributed by atoms with Crippen molar-refractivity contribution in [3.63, 3.8) is 0 Å². The summed E-state index contributed by atoms with van der Waals surface area (Å²) in [5.74, 6) is -0.988. The molecule has 0 aliphatic heterocycles. The van der Waals surface area contributed by atoms with Gasteiger partial charge in [0.25, 0.3) is 0 Å². The fraction of sp³-hybridized carbons (Fsp3) is 0.333.